The number of rotatable bonds is 4. The maximum absolute atomic E-state index is 12.4. The zero-order chi connectivity index (χ0) is 13.9. The smallest absolute Gasteiger partial charge is 0.370 e. The van der Waals surface area contributed by atoms with Crippen LogP contribution in [0.5, 0.6) is 0 Å². The van der Waals surface area contributed by atoms with Crippen molar-refractivity contribution < 1.29 is 13.2 Å². The molecule has 2 nitrogen and oxygen atoms in total. The average Bonchev–Trinajstić information content (AvgIpc) is 2.83. The van der Waals surface area contributed by atoms with Gasteiger partial charge in [-0.1, -0.05) is 6.42 Å². The third kappa shape index (κ3) is 3.75. The van der Waals surface area contributed by atoms with Gasteiger partial charge >= 0.3 is 6.18 Å². The monoisotopic (exact) mass is 292 g/mol. The summed E-state index contributed by atoms with van der Waals surface area (Å²) in [5.74, 6) is 2.12. The SMILES string of the molecule is FC(F)(F)c1ccc(NCC2CCCC2CCl)nc1. The highest BCUT2D eigenvalue weighted by molar-refractivity contribution is 6.18. The van der Waals surface area contributed by atoms with E-state index in [0.29, 0.717) is 23.5 Å². The van der Waals surface area contributed by atoms with Crippen LogP contribution in [-0.4, -0.2) is 17.4 Å². The molecule has 0 saturated heterocycles. The third-order valence-corrected chi connectivity index (χ3v) is 4.05. The number of nitrogens with one attached hydrogen (secondary N) is 1. The number of pyridine rings is 1. The van der Waals surface area contributed by atoms with Crippen LogP contribution >= 0.6 is 11.6 Å². The number of aromatic nitrogens is 1. The standard InChI is InChI=1S/C13H16ClF3N2/c14-6-9-2-1-3-10(9)7-18-12-5-4-11(8-19-12)13(15,16)17/h4-5,8-10H,1-3,6-7H2,(H,18,19). The van der Waals surface area contributed by atoms with Crippen molar-refractivity contribution >= 4 is 17.4 Å². The molecule has 0 bridgehead atoms. The molecule has 6 heteroatoms. The Morgan fingerprint density at radius 1 is 1.26 bits per heavy atom. The van der Waals surface area contributed by atoms with Crippen LogP contribution in [0.15, 0.2) is 18.3 Å². The van der Waals surface area contributed by atoms with Crippen molar-refractivity contribution in [2.75, 3.05) is 17.7 Å². The van der Waals surface area contributed by atoms with Gasteiger partial charge in [0.25, 0.3) is 0 Å². The molecular formula is C13H16ClF3N2. The maximum atomic E-state index is 12.4. The molecule has 1 saturated carbocycles. The molecule has 1 fully saturated rings. The molecule has 2 atom stereocenters. The highest BCUT2D eigenvalue weighted by atomic mass is 35.5. The lowest BCUT2D eigenvalue weighted by molar-refractivity contribution is -0.137. The van der Waals surface area contributed by atoms with Crippen LogP contribution < -0.4 is 5.32 Å². The Hall–Kier alpha value is -0.970. The first kappa shape index (κ1) is 14.4. The summed E-state index contributed by atoms with van der Waals surface area (Å²) in [5.41, 5.74) is -0.724. The Kier molecular flexibility index (Phi) is 4.55. The van der Waals surface area contributed by atoms with Gasteiger partial charge < -0.3 is 5.32 Å². The predicted molar refractivity (Wildman–Crippen MR) is 69.3 cm³/mol. The van der Waals surface area contributed by atoms with Gasteiger partial charge in [0.2, 0.25) is 0 Å². The van der Waals surface area contributed by atoms with Gasteiger partial charge in [-0.15, -0.1) is 11.6 Å². The van der Waals surface area contributed by atoms with Crippen molar-refractivity contribution in [3.63, 3.8) is 0 Å². The summed E-state index contributed by atoms with van der Waals surface area (Å²) in [4.78, 5) is 3.79. The molecule has 1 aliphatic carbocycles. The van der Waals surface area contributed by atoms with Gasteiger partial charge in [0.15, 0.2) is 0 Å². The Bertz CT molecular complexity index is 405. The minimum absolute atomic E-state index is 0.480. The van der Waals surface area contributed by atoms with Gasteiger partial charge in [0.05, 0.1) is 5.56 Å². The van der Waals surface area contributed by atoms with E-state index in [1.54, 1.807) is 0 Å². The second-order valence-electron chi connectivity index (χ2n) is 4.92. The summed E-state index contributed by atoms with van der Waals surface area (Å²) in [7, 11) is 0. The van der Waals surface area contributed by atoms with Crippen LogP contribution in [-0.2, 0) is 6.18 Å². The first-order chi connectivity index (χ1) is 9.00. The van der Waals surface area contributed by atoms with E-state index in [1.165, 1.54) is 12.5 Å². The fraction of sp³-hybridized carbons (Fsp3) is 0.615. The van der Waals surface area contributed by atoms with Crippen LogP contribution in [0.2, 0.25) is 0 Å². The molecule has 0 aliphatic heterocycles. The summed E-state index contributed by atoms with van der Waals surface area (Å²) in [6, 6.07) is 2.41. The lowest BCUT2D eigenvalue weighted by Gasteiger charge is -2.18. The van der Waals surface area contributed by atoms with E-state index in [-0.39, 0.29) is 0 Å². The van der Waals surface area contributed by atoms with Crippen LogP contribution in [0.4, 0.5) is 19.0 Å². The second kappa shape index (κ2) is 5.99. The van der Waals surface area contributed by atoms with E-state index in [0.717, 1.165) is 31.6 Å². The van der Waals surface area contributed by atoms with E-state index < -0.39 is 11.7 Å². The van der Waals surface area contributed by atoms with Crippen LogP contribution in [0, 0.1) is 11.8 Å². The van der Waals surface area contributed by atoms with Gasteiger partial charge in [-0.05, 0) is 36.8 Å². The summed E-state index contributed by atoms with van der Waals surface area (Å²) in [5, 5.41) is 3.09. The quantitative estimate of drug-likeness (QED) is 0.843. The average molecular weight is 293 g/mol. The molecule has 2 unspecified atom stereocenters. The first-order valence-corrected chi connectivity index (χ1v) is 6.87. The Morgan fingerprint density at radius 3 is 2.58 bits per heavy atom. The van der Waals surface area contributed by atoms with Crippen LogP contribution in [0.3, 0.4) is 0 Å². The lowest BCUT2D eigenvalue weighted by atomic mass is 9.98. The van der Waals surface area contributed by atoms with Crippen molar-refractivity contribution in [2.24, 2.45) is 11.8 Å². The number of anilines is 1. The molecular weight excluding hydrogens is 277 g/mol. The van der Waals surface area contributed by atoms with E-state index in [9.17, 15) is 13.2 Å². The number of halogens is 4. The van der Waals surface area contributed by atoms with Crippen molar-refractivity contribution in [3.8, 4) is 0 Å². The molecule has 1 heterocycles. The minimum Gasteiger partial charge on any atom is -0.370 e. The topological polar surface area (TPSA) is 24.9 Å². The highest BCUT2D eigenvalue weighted by Crippen LogP contribution is 2.33. The Morgan fingerprint density at radius 2 is 2.00 bits per heavy atom. The number of hydrogen-bond donors (Lipinski definition) is 1. The lowest BCUT2D eigenvalue weighted by Crippen LogP contribution is -2.20. The minimum atomic E-state index is -4.33. The largest absolute Gasteiger partial charge is 0.417 e. The maximum Gasteiger partial charge on any atom is 0.417 e. The number of hydrogen-bond acceptors (Lipinski definition) is 2. The fourth-order valence-corrected chi connectivity index (χ4v) is 2.89. The summed E-state index contributed by atoms with van der Waals surface area (Å²) < 4.78 is 37.1. The molecule has 0 spiro atoms. The third-order valence-electron chi connectivity index (χ3n) is 3.65. The van der Waals surface area contributed by atoms with E-state index in [4.69, 9.17) is 11.6 Å². The predicted octanol–water partition coefficient (Wildman–Crippen LogP) is 4.17. The van der Waals surface area contributed by atoms with Gasteiger partial charge in [0, 0.05) is 18.6 Å². The Balaban J connectivity index is 1.90. The number of alkyl halides is 4. The molecule has 0 radical (unpaired) electrons. The molecule has 0 aromatic carbocycles. The summed E-state index contributed by atoms with van der Waals surface area (Å²) >= 11 is 5.89. The van der Waals surface area contributed by atoms with Crippen molar-refractivity contribution in [1.82, 2.24) is 4.98 Å². The number of nitrogens with zero attached hydrogens (tertiary/aromatic N) is 1. The van der Waals surface area contributed by atoms with E-state index in [2.05, 4.69) is 10.3 Å². The molecule has 19 heavy (non-hydrogen) atoms. The second-order valence-corrected chi connectivity index (χ2v) is 5.22. The molecule has 1 aromatic rings. The zero-order valence-electron chi connectivity index (χ0n) is 10.4. The fourth-order valence-electron chi connectivity index (χ4n) is 2.49. The van der Waals surface area contributed by atoms with Crippen molar-refractivity contribution in [2.45, 2.75) is 25.4 Å². The van der Waals surface area contributed by atoms with Crippen molar-refractivity contribution in [1.29, 1.82) is 0 Å². The normalized spacial score (nSPS) is 23.6. The van der Waals surface area contributed by atoms with Gasteiger partial charge in [-0.2, -0.15) is 13.2 Å². The summed E-state index contributed by atoms with van der Waals surface area (Å²) in [6.45, 7) is 0.718. The molecule has 0 amide bonds. The van der Waals surface area contributed by atoms with Gasteiger partial charge in [0.1, 0.15) is 5.82 Å². The summed E-state index contributed by atoms with van der Waals surface area (Å²) in [6.07, 6.45) is -0.0534. The molecule has 1 aromatic heterocycles. The molecule has 106 valence electrons. The Labute approximate surface area is 115 Å². The molecule has 2 rings (SSSR count). The van der Waals surface area contributed by atoms with E-state index >= 15 is 0 Å². The molecule has 1 N–H and O–H groups in total. The zero-order valence-corrected chi connectivity index (χ0v) is 11.1. The molecule has 1 aliphatic rings. The first-order valence-electron chi connectivity index (χ1n) is 6.34. The van der Waals surface area contributed by atoms with Crippen LogP contribution in [0.25, 0.3) is 0 Å². The van der Waals surface area contributed by atoms with Crippen LogP contribution in [0.1, 0.15) is 24.8 Å². The van der Waals surface area contributed by atoms with Gasteiger partial charge in [-0.25, -0.2) is 4.98 Å². The van der Waals surface area contributed by atoms with Gasteiger partial charge in [-0.3, -0.25) is 0 Å². The van der Waals surface area contributed by atoms with Crippen molar-refractivity contribution in [3.05, 3.63) is 23.9 Å². The van der Waals surface area contributed by atoms with E-state index in [1.807, 2.05) is 0 Å². The highest BCUT2D eigenvalue weighted by Gasteiger charge is 2.30.